The Labute approximate surface area is 210 Å². The van der Waals surface area contributed by atoms with E-state index in [9.17, 15) is 14.4 Å². The number of nitrogens with zero attached hydrogens (tertiary/aromatic N) is 1. The molecule has 0 saturated heterocycles. The SMILES string of the molecule is CCOc1ccc(NC(=O)C(=O)N/N=C\c2cc(Br)ccc2OC(=O)c2ccc(OC)cc2)cc1. The van der Waals surface area contributed by atoms with Crippen LogP contribution in [-0.2, 0) is 9.59 Å². The van der Waals surface area contributed by atoms with Crippen LogP contribution in [-0.4, -0.2) is 37.7 Å². The highest BCUT2D eigenvalue weighted by Gasteiger charge is 2.14. The summed E-state index contributed by atoms with van der Waals surface area (Å²) < 4.78 is 16.6. The van der Waals surface area contributed by atoms with Gasteiger partial charge in [-0.2, -0.15) is 5.10 Å². The van der Waals surface area contributed by atoms with Gasteiger partial charge in [0.25, 0.3) is 0 Å². The van der Waals surface area contributed by atoms with Gasteiger partial charge in [-0.25, -0.2) is 10.2 Å². The number of esters is 1. The van der Waals surface area contributed by atoms with Crippen molar-refractivity contribution in [2.75, 3.05) is 19.0 Å². The largest absolute Gasteiger partial charge is 0.497 e. The second-order valence-corrected chi connectivity index (χ2v) is 7.83. The highest BCUT2D eigenvalue weighted by atomic mass is 79.9. The molecule has 0 heterocycles. The highest BCUT2D eigenvalue weighted by molar-refractivity contribution is 9.10. The average molecular weight is 540 g/mol. The molecule has 0 aromatic heterocycles. The van der Waals surface area contributed by atoms with E-state index in [-0.39, 0.29) is 5.75 Å². The lowest BCUT2D eigenvalue weighted by Gasteiger charge is -2.09. The summed E-state index contributed by atoms with van der Waals surface area (Å²) in [4.78, 5) is 36.7. The molecule has 0 radical (unpaired) electrons. The Morgan fingerprint density at radius 2 is 1.63 bits per heavy atom. The Morgan fingerprint density at radius 1 is 0.943 bits per heavy atom. The molecule has 0 aliphatic carbocycles. The maximum atomic E-state index is 12.5. The van der Waals surface area contributed by atoms with E-state index in [4.69, 9.17) is 14.2 Å². The number of carbonyl (C=O) groups excluding carboxylic acids is 3. The lowest BCUT2D eigenvalue weighted by Crippen LogP contribution is -2.32. The predicted octanol–water partition coefficient (Wildman–Crippen LogP) is 4.16. The lowest BCUT2D eigenvalue weighted by atomic mass is 10.2. The van der Waals surface area contributed by atoms with Gasteiger partial charge in [-0.05, 0) is 73.7 Å². The Bertz CT molecular complexity index is 1230. The van der Waals surface area contributed by atoms with Gasteiger partial charge in [-0.1, -0.05) is 15.9 Å². The molecule has 0 atom stereocenters. The molecule has 3 aromatic rings. The average Bonchev–Trinajstić information content (AvgIpc) is 2.86. The maximum Gasteiger partial charge on any atom is 0.343 e. The van der Waals surface area contributed by atoms with Crippen molar-refractivity contribution in [3.8, 4) is 17.2 Å². The third-order valence-corrected chi connectivity index (χ3v) is 4.99. The molecule has 3 rings (SSSR count). The van der Waals surface area contributed by atoms with Crippen LogP contribution in [0.2, 0.25) is 0 Å². The summed E-state index contributed by atoms with van der Waals surface area (Å²) in [6, 6.07) is 18.0. The molecule has 0 fully saturated rings. The van der Waals surface area contributed by atoms with E-state index in [1.165, 1.54) is 13.3 Å². The first-order valence-electron chi connectivity index (χ1n) is 10.4. The second-order valence-electron chi connectivity index (χ2n) is 6.91. The minimum absolute atomic E-state index is 0.214. The molecule has 0 aliphatic rings. The fraction of sp³-hybridized carbons (Fsp3) is 0.120. The fourth-order valence-electron chi connectivity index (χ4n) is 2.80. The van der Waals surface area contributed by atoms with E-state index in [1.54, 1.807) is 66.7 Å². The third kappa shape index (κ3) is 7.41. The molecule has 3 aromatic carbocycles. The van der Waals surface area contributed by atoms with Gasteiger partial charge in [0.2, 0.25) is 0 Å². The van der Waals surface area contributed by atoms with Crippen LogP contribution < -0.4 is 25.0 Å². The van der Waals surface area contributed by atoms with Crippen LogP contribution in [0.4, 0.5) is 5.69 Å². The number of carbonyl (C=O) groups is 3. The van der Waals surface area contributed by atoms with Gasteiger partial charge in [0.1, 0.15) is 17.2 Å². The first-order chi connectivity index (χ1) is 16.9. The van der Waals surface area contributed by atoms with Gasteiger partial charge in [0.05, 0.1) is 25.5 Å². The molecule has 0 saturated carbocycles. The number of hydrazone groups is 1. The summed E-state index contributed by atoms with van der Waals surface area (Å²) in [5.74, 6) is -0.972. The van der Waals surface area contributed by atoms with E-state index < -0.39 is 17.8 Å². The molecule has 0 aliphatic heterocycles. The van der Waals surface area contributed by atoms with Crippen LogP contribution in [0, 0.1) is 0 Å². The normalized spacial score (nSPS) is 10.5. The second kappa shape index (κ2) is 12.3. The molecule has 0 spiro atoms. The number of benzene rings is 3. The molecular weight excluding hydrogens is 518 g/mol. The molecule has 10 heteroatoms. The first kappa shape index (κ1) is 25.4. The molecule has 9 nitrogen and oxygen atoms in total. The van der Waals surface area contributed by atoms with E-state index in [1.807, 2.05) is 6.92 Å². The monoisotopic (exact) mass is 539 g/mol. The van der Waals surface area contributed by atoms with Gasteiger partial charge in [-0.3, -0.25) is 9.59 Å². The molecule has 2 amide bonds. The number of hydrogen-bond donors (Lipinski definition) is 2. The van der Waals surface area contributed by atoms with Gasteiger partial charge in [-0.15, -0.1) is 0 Å². The molecule has 2 N–H and O–H groups in total. The Morgan fingerprint density at radius 3 is 2.29 bits per heavy atom. The summed E-state index contributed by atoms with van der Waals surface area (Å²) in [6.45, 7) is 2.38. The van der Waals surface area contributed by atoms with Crippen molar-refractivity contribution in [2.24, 2.45) is 5.10 Å². The van der Waals surface area contributed by atoms with Crippen molar-refractivity contribution in [1.29, 1.82) is 0 Å². The standard InChI is InChI=1S/C25H22BrN3O6/c1-3-34-21-11-7-19(8-12-21)28-23(30)24(31)29-27-15-17-14-18(26)6-13-22(17)35-25(32)16-4-9-20(33-2)10-5-16/h4-15H,3H2,1-2H3,(H,28,30)(H,29,31)/b27-15-. The summed E-state index contributed by atoms with van der Waals surface area (Å²) in [6.07, 6.45) is 1.27. The zero-order valence-corrected chi connectivity index (χ0v) is 20.5. The van der Waals surface area contributed by atoms with Crippen LogP contribution in [0.25, 0.3) is 0 Å². The summed E-state index contributed by atoms with van der Waals surface area (Å²) >= 11 is 3.34. The zero-order valence-electron chi connectivity index (χ0n) is 18.9. The van der Waals surface area contributed by atoms with E-state index in [0.29, 0.717) is 39.4 Å². The molecule has 0 bridgehead atoms. The summed E-state index contributed by atoms with van der Waals surface area (Å²) in [7, 11) is 1.53. The van der Waals surface area contributed by atoms with Crippen LogP contribution in [0.1, 0.15) is 22.8 Å². The summed E-state index contributed by atoms with van der Waals surface area (Å²) in [5, 5.41) is 6.28. The fourth-order valence-corrected chi connectivity index (χ4v) is 3.18. The highest BCUT2D eigenvalue weighted by Crippen LogP contribution is 2.23. The molecular formula is C25H22BrN3O6. The van der Waals surface area contributed by atoms with E-state index in [2.05, 4.69) is 31.8 Å². The van der Waals surface area contributed by atoms with Crippen molar-refractivity contribution in [2.45, 2.75) is 6.92 Å². The minimum Gasteiger partial charge on any atom is -0.497 e. The number of hydrogen-bond acceptors (Lipinski definition) is 7. The van der Waals surface area contributed by atoms with Crippen molar-refractivity contribution in [3.05, 3.63) is 82.3 Å². The van der Waals surface area contributed by atoms with Crippen LogP contribution in [0.5, 0.6) is 17.2 Å². The van der Waals surface area contributed by atoms with Gasteiger partial charge >= 0.3 is 17.8 Å². The Hall–Kier alpha value is -4.18. The number of halogens is 1. The van der Waals surface area contributed by atoms with Crippen LogP contribution in [0.15, 0.2) is 76.3 Å². The topological polar surface area (TPSA) is 115 Å². The number of methoxy groups -OCH3 is 1. The van der Waals surface area contributed by atoms with E-state index in [0.717, 1.165) is 0 Å². The minimum atomic E-state index is -0.970. The molecule has 35 heavy (non-hydrogen) atoms. The van der Waals surface area contributed by atoms with Gasteiger partial charge < -0.3 is 19.5 Å². The summed E-state index contributed by atoms with van der Waals surface area (Å²) in [5.41, 5.74) is 3.31. The number of ether oxygens (including phenoxy) is 3. The first-order valence-corrected chi connectivity index (χ1v) is 11.2. The zero-order chi connectivity index (χ0) is 25.2. The Kier molecular flexibility index (Phi) is 8.96. The third-order valence-electron chi connectivity index (χ3n) is 4.50. The molecule has 0 unspecified atom stereocenters. The quantitative estimate of drug-likeness (QED) is 0.146. The van der Waals surface area contributed by atoms with Crippen LogP contribution in [0.3, 0.4) is 0 Å². The van der Waals surface area contributed by atoms with Gasteiger partial charge in [0, 0.05) is 15.7 Å². The number of rotatable bonds is 8. The van der Waals surface area contributed by atoms with E-state index >= 15 is 0 Å². The van der Waals surface area contributed by atoms with Crippen molar-refractivity contribution in [3.63, 3.8) is 0 Å². The van der Waals surface area contributed by atoms with Gasteiger partial charge in [0.15, 0.2) is 0 Å². The molecule has 180 valence electrons. The maximum absolute atomic E-state index is 12.5. The van der Waals surface area contributed by atoms with Crippen molar-refractivity contribution < 1.29 is 28.6 Å². The predicted molar refractivity (Wildman–Crippen MR) is 134 cm³/mol. The smallest absolute Gasteiger partial charge is 0.343 e. The number of amides is 2. The van der Waals surface area contributed by atoms with Crippen LogP contribution >= 0.6 is 15.9 Å². The number of anilines is 1. The number of nitrogens with one attached hydrogen (secondary N) is 2. The van der Waals surface area contributed by atoms with Crippen molar-refractivity contribution >= 4 is 45.6 Å². The lowest BCUT2D eigenvalue weighted by molar-refractivity contribution is -0.136. The van der Waals surface area contributed by atoms with Crippen molar-refractivity contribution in [1.82, 2.24) is 5.43 Å². The Balaban J connectivity index is 1.62.